The molecular weight excluding hydrogens is 402 g/mol. The Morgan fingerprint density at radius 1 is 1.14 bits per heavy atom. The molecule has 2 aromatic carbocycles. The molecule has 28 heavy (non-hydrogen) atoms. The number of nitrogens with zero attached hydrogens (tertiary/aromatic N) is 1. The van der Waals surface area contributed by atoms with E-state index in [0.717, 1.165) is 5.56 Å². The minimum absolute atomic E-state index is 0.0440. The molecule has 148 valence electrons. The zero-order chi connectivity index (χ0) is 20.5. The number of carbonyl (C=O) groups excluding carboxylic acids is 2. The molecule has 1 aliphatic rings. The lowest BCUT2D eigenvalue weighted by atomic mass is 9.92. The molecule has 0 radical (unpaired) electrons. The van der Waals surface area contributed by atoms with Crippen LogP contribution in [0.1, 0.15) is 30.4 Å². The standard InChI is InChI=1S/C20H20ClNO5S/c1-3-27-20(24)19-17(14-6-8-15(21)9-7-14)12-18(23)22(19)28(25,26)16-10-4-13(2)5-11-16/h4-11,17,19H,3,12H2,1-2H3/t17-,19+/m1/s1. The monoisotopic (exact) mass is 421 g/mol. The zero-order valence-electron chi connectivity index (χ0n) is 15.5. The summed E-state index contributed by atoms with van der Waals surface area (Å²) < 4.78 is 32.1. The Kier molecular flexibility index (Phi) is 5.76. The summed E-state index contributed by atoms with van der Waals surface area (Å²) in [6.07, 6.45) is -0.115. The van der Waals surface area contributed by atoms with Gasteiger partial charge >= 0.3 is 5.97 Å². The maximum Gasteiger partial charge on any atom is 0.330 e. The normalized spacial score (nSPS) is 19.7. The molecular formula is C20H20ClNO5S. The van der Waals surface area contributed by atoms with Crippen molar-refractivity contribution in [3.05, 3.63) is 64.7 Å². The number of ether oxygens (including phenoxy) is 1. The van der Waals surface area contributed by atoms with E-state index in [9.17, 15) is 18.0 Å². The van der Waals surface area contributed by atoms with Crippen molar-refractivity contribution in [1.82, 2.24) is 4.31 Å². The second kappa shape index (κ2) is 7.93. The first-order chi connectivity index (χ1) is 13.3. The lowest BCUT2D eigenvalue weighted by molar-refractivity contribution is -0.149. The summed E-state index contributed by atoms with van der Waals surface area (Å²) in [5.74, 6) is -2.04. The summed E-state index contributed by atoms with van der Waals surface area (Å²) in [4.78, 5) is 25.4. The molecule has 2 aromatic rings. The number of aryl methyl sites for hydroxylation is 1. The average Bonchev–Trinajstić information content (AvgIpc) is 3.01. The van der Waals surface area contributed by atoms with Crippen molar-refractivity contribution in [2.24, 2.45) is 0 Å². The van der Waals surface area contributed by atoms with Crippen LogP contribution in [-0.2, 0) is 24.3 Å². The first-order valence-corrected chi connectivity index (χ1v) is 10.6. The van der Waals surface area contributed by atoms with Gasteiger partial charge in [0.1, 0.15) is 0 Å². The summed E-state index contributed by atoms with van der Waals surface area (Å²) >= 11 is 5.92. The van der Waals surface area contributed by atoms with Crippen molar-refractivity contribution in [3.8, 4) is 0 Å². The van der Waals surface area contributed by atoms with E-state index in [-0.39, 0.29) is 17.9 Å². The summed E-state index contributed by atoms with van der Waals surface area (Å²) in [6, 6.07) is 11.5. The molecule has 1 fully saturated rings. The van der Waals surface area contributed by atoms with Crippen LogP contribution in [0.25, 0.3) is 0 Å². The molecule has 0 saturated carbocycles. The summed E-state index contributed by atoms with van der Waals surface area (Å²) in [7, 11) is -4.21. The number of sulfonamides is 1. The van der Waals surface area contributed by atoms with Gasteiger partial charge in [-0.1, -0.05) is 41.4 Å². The van der Waals surface area contributed by atoms with Gasteiger partial charge in [0.15, 0.2) is 6.04 Å². The molecule has 0 unspecified atom stereocenters. The fourth-order valence-electron chi connectivity index (χ4n) is 3.31. The van der Waals surface area contributed by atoms with Crippen LogP contribution < -0.4 is 0 Å². The molecule has 1 saturated heterocycles. The third kappa shape index (κ3) is 3.77. The lowest BCUT2D eigenvalue weighted by Gasteiger charge is -2.26. The first-order valence-electron chi connectivity index (χ1n) is 8.81. The van der Waals surface area contributed by atoms with Crippen molar-refractivity contribution in [2.75, 3.05) is 6.61 Å². The topological polar surface area (TPSA) is 80.8 Å². The number of amides is 1. The van der Waals surface area contributed by atoms with E-state index in [4.69, 9.17) is 16.3 Å². The van der Waals surface area contributed by atoms with E-state index in [0.29, 0.717) is 14.9 Å². The summed E-state index contributed by atoms with van der Waals surface area (Å²) in [5.41, 5.74) is 1.53. The van der Waals surface area contributed by atoms with Crippen molar-refractivity contribution in [2.45, 2.75) is 37.1 Å². The fourth-order valence-corrected chi connectivity index (χ4v) is 5.02. The molecule has 0 spiro atoms. The van der Waals surface area contributed by atoms with Crippen LogP contribution in [0.5, 0.6) is 0 Å². The van der Waals surface area contributed by atoms with E-state index in [2.05, 4.69) is 0 Å². The van der Waals surface area contributed by atoms with E-state index in [1.807, 2.05) is 6.92 Å². The molecule has 1 amide bonds. The third-order valence-electron chi connectivity index (χ3n) is 4.68. The number of hydrogen-bond donors (Lipinski definition) is 0. The van der Waals surface area contributed by atoms with Gasteiger partial charge in [0.25, 0.3) is 10.0 Å². The van der Waals surface area contributed by atoms with Crippen LogP contribution in [0.4, 0.5) is 0 Å². The predicted octanol–water partition coefficient (Wildman–Crippen LogP) is 3.28. The van der Waals surface area contributed by atoms with Gasteiger partial charge in [-0.05, 0) is 43.7 Å². The summed E-state index contributed by atoms with van der Waals surface area (Å²) in [5, 5.41) is 0.505. The minimum Gasteiger partial charge on any atom is -0.464 e. The second-order valence-corrected chi connectivity index (χ2v) is 8.82. The molecule has 8 heteroatoms. The third-order valence-corrected chi connectivity index (χ3v) is 6.75. The summed E-state index contributed by atoms with van der Waals surface area (Å²) in [6.45, 7) is 3.54. The molecule has 0 N–H and O–H groups in total. The van der Waals surface area contributed by atoms with Crippen LogP contribution in [0.2, 0.25) is 5.02 Å². The maximum atomic E-state index is 13.2. The van der Waals surface area contributed by atoms with Gasteiger partial charge in [-0.25, -0.2) is 17.5 Å². The largest absolute Gasteiger partial charge is 0.464 e. The van der Waals surface area contributed by atoms with Crippen LogP contribution in [-0.4, -0.2) is 37.2 Å². The quantitative estimate of drug-likeness (QED) is 0.692. The van der Waals surface area contributed by atoms with Gasteiger partial charge in [-0.15, -0.1) is 0 Å². The van der Waals surface area contributed by atoms with E-state index >= 15 is 0 Å². The molecule has 0 aliphatic carbocycles. The van der Waals surface area contributed by atoms with E-state index < -0.39 is 33.9 Å². The van der Waals surface area contributed by atoms with Crippen molar-refractivity contribution in [1.29, 1.82) is 0 Å². The molecule has 1 heterocycles. The Morgan fingerprint density at radius 2 is 1.75 bits per heavy atom. The van der Waals surface area contributed by atoms with Gasteiger partial charge in [-0.3, -0.25) is 4.79 Å². The number of rotatable bonds is 5. The Morgan fingerprint density at radius 3 is 2.32 bits per heavy atom. The fraction of sp³-hybridized carbons (Fsp3) is 0.300. The SMILES string of the molecule is CCOC(=O)[C@@H]1[C@@H](c2ccc(Cl)cc2)CC(=O)N1S(=O)(=O)c1ccc(C)cc1. The van der Waals surface area contributed by atoms with Gasteiger partial charge in [0, 0.05) is 17.4 Å². The number of esters is 1. The highest BCUT2D eigenvalue weighted by Gasteiger charge is 2.51. The van der Waals surface area contributed by atoms with Gasteiger partial charge in [0.05, 0.1) is 11.5 Å². The molecule has 1 aliphatic heterocycles. The van der Waals surface area contributed by atoms with Crippen LogP contribution in [0, 0.1) is 6.92 Å². The van der Waals surface area contributed by atoms with Gasteiger partial charge in [0.2, 0.25) is 5.91 Å². The Hall–Kier alpha value is -2.38. The number of carbonyl (C=O) groups is 2. The Balaban J connectivity index is 2.07. The highest BCUT2D eigenvalue weighted by Crippen LogP contribution is 2.39. The predicted molar refractivity (Wildman–Crippen MR) is 104 cm³/mol. The second-order valence-electron chi connectivity index (χ2n) is 6.57. The molecule has 2 atom stereocenters. The van der Waals surface area contributed by atoms with E-state index in [1.165, 1.54) is 12.1 Å². The zero-order valence-corrected chi connectivity index (χ0v) is 17.0. The molecule has 6 nitrogen and oxygen atoms in total. The lowest BCUT2D eigenvalue weighted by Crippen LogP contribution is -2.45. The number of hydrogen-bond acceptors (Lipinski definition) is 5. The molecule has 3 rings (SSSR count). The minimum atomic E-state index is -4.21. The highest BCUT2D eigenvalue weighted by molar-refractivity contribution is 7.89. The van der Waals surface area contributed by atoms with Crippen LogP contribution in [0.3, 0.4) is 0 Å². The Bertz CT molecular complexity index is 986. The van der Waals surface area contributed by atoms with Gasteiger partial charge in [-0.2, -0.15) is 0 Å². The Labute approximate surface area is 169 Å². The maximum absolute atomic E-state index is 13.2. The number of benzene rings is 2. The van der Waals surface area contributed by atoms with Crippen molar-refractivity contribution < 1.29 is 22.7 Å². The van der Waals surface area contributed by atoms with Crippen LogP contribution in [0.15, 0.2) is 53.4 Å². The smallest absolute Gasteiger partial charge is 0.330 e. The van der Waals surface area contributed by atoms with Crippen molar-refractivity contribution >= 4 is 33.5 Å². The van der Waals surface area contributed by atoms with Gasteiger partial charge < -0.3 is 4.74 Å². The molecule has 0 aromatic heterocycles. The highest BCUT2D eigenvalue weighted by atomic mass is 35.5. The van der Waals surface area contributed by atoms with Crippen LogP contribution >= 0.6 is 11.6 Å². The van der Waals surface area contributed by atoms with Crippen molar-refractivity contribution in [3.63, 3.8) is 0 Å². The molecule has 0 bridgehead atoms. The number of halogens is 1. The average molecular weight is 422 g/mol. The van der Waals surface area contributed by atoms with E-state index in [1.54, 1.807) is 43.3 Å². The first kappa shape index (κ1) is 20.4.